The summed E-state index contributed by atoms with van der Waals surface area (Å²) in [4.78, 5) is 25.9. The molecule has 1 aliphatic carbocycles. The van der Waals surface area contributed by atoms with Crippen molar-refractivity contribution in [2.75, 3.05) is 17.6 Å². The molecule has 0 bridgehead atoms. The third-order valence-electron chi connectivity index (χ3n) is 5.55. The Hall–Kier alpha value is -2.27. The first-order valence-corrected chi connectivity index (χ1v) is 12.0. The summed E-state index contributed by atoms with van der Waals surface area (Å²) in [6.45, 7) is 2.93. The van der Waals surface area contributed by atoms with E-state index in [1.807, 2.05) is 36.4 Å². The molecule has 0 radical (unpaired) electrons. The summed E-state index contributed by atoms with van der Waals surface area (Å²) < 4.78 is 0. The van der Waals surface area contributed by atoms with E-state index < -0.39 is 0 Å². The van der Waals surface area contributed by atoms with Crippen LogP contribution in [0.25, 0.3) is 0 Å². The zero-order chi connectivity index (χ0) is 21.2. The van der Waals surface area contributed by atoms with E-state index >= 15 is 0 Å². The highest BCUT2D eigenvalue weighted by molar-refractivity contribution is 8.00. The molecule has 0 heterocycles. The van der Waals surface area contributed by atoms with Crippen LogP contribution in [0.3, 0.4) is 0 Å². The van der Waals surface area contributed by atoms with E-state index in [2.05, 4.69) is 29.7 Å². The van der Waals surface area contributed by atoms with Crippen LogP contribution in [0.1, 0.15) is 61.4 Å². The normalized spacial score (nSPS) is 14.3. The van der Waals surface area contributed by atoms with Crippen molar-refractivity contribution < 1.29 is 9.59 Å². The fourth-order valence-corrected chi connectivity index (χ4v) is 4.75. The Labute approximate surface area is 184 Å². The minimum atomic E-state index is -0.149. The second-order valence-electron chi connectivity index (χ2n) is 7.99. The van der Waals surface area contributed by atoms with Crippen molar-refractivity contribution >= 4 is 29.3 Å². The average molecular weight is 425 g/mol. The quantitative estimate of drug-likeness (QED) is 0.509. The number of nitrogens with one attached hydrogen (secondary N) is 2. The zero-order valence-electron chi connectivity index (χ0n) is 17.8. The second kappa shape index (κ2) is 11.8. The smallest absolute Gasteiger partial charge is 0.256 e. The standard InChI is InChI=1S/C25H32N2O2S/c1-2-8-19-13-15-21(16-14-19)27-25(29)22-11-6-7-12-23(22)30-18-24(28)26-17-20-9-4-3-5-10-20/h6-7,11-16,20H,2-5,8-10,17-18H2,1H3,(H,26,28)(H,27,29). The highest BCUT2D eigenvalue weighted by Gasteiger charge is 2.16. The molecule has 2 aromatic carbocycles. The van der Waals surface area contributed by atoms with Gasteiger partial charge >= 0.3 is 0 Å². The molecular formula is C25H32N2O2S. The summed E-state index contributed by atoms with van der Waals surface area (Å²) in [5.41, 5.74) is 2.65. The number of benzene rings is 2. The fraction of sp³-hybridized carbons (Fsp3) is 0.440. The van der Waals surface area contributed by atoms with Gasteiger partial charge in [0.05, 0.1) is 11.3 Å². The summed E-state index contributed by atoms with van der Waals surface area (Å²) in [6.07, 6.45) is 8.45. The maximum atomic E-state index is 12.8. The average Bonchev–Trinajstić information content (AvgIpc) is 2.78. The molecule has 2 amide bonds. The molecule has 1 saturated carbocycles. The van der Waals surface area contributed by atoms with Gasteiger partial charge in [0.15, 0.2) is 0 Å². The summed E-state index contributed by atoms with van der Waals surface area (Å²) >= 11 is 1.42. The Balaban J connectivity index is 1.52. The van der Waals surface area contributed by atoms with Gasteiger partial charge in [-0.1, -0.05) is 56.9 Å². The number of carbonyl (C=O) groups excluding carboxylic acids is 2. The van der Waals surface area contributed by atoms with Crippen LogP contribution >= 0.6 is 11.8 Å². The highest BCUT2D eigenvalue weighted by atomic mass is 32.2. The molecule has 4 nitrogen and oxygen atoms in total. The number of thioether (sulfide) groups is 1. The molecule has 3 rings (SSSR count). The lowest BCUT2D eigenvalue weighted by Gasteiger charge is -2.21. The van der Waals surface area contributed by atoms with Crippen molar-refractivity contribution in [1.82, 2.24) is 5.32 Å². The minimum Gasteiger partial charge on any atom is -0.355 e. The molecule has 5 heteroatoms. The number of hydrogen-bond acceptors (Lipinski definition) is 3. The van der Waals surface area contributed by atoms with Crippen LogP contribution < -0.4 is 10.6 Å². The lowest BCUT2D eigenvalue weighted by Crippen LogP contribution is -2.31. The Bertz CT molecular complexity index is 829. The number of carbonyl (C=O) groups is 2. The molecule has 2 aromatic rings. The molecule has 1 aliphatic rings. The number of aryl methyl sites for hydroxylation is 1. The third-order valence-corrected chi connectivity index (χ3v) is 6.63. The van der Waals surface area contributed by atoms with Crippen molar-refractivity contribution in [3.05, 3.63) is 59.7 Å². The first kappa shape index (κ1) is 22.4. The monoisotopic (exact) mass is 424 g/mol. The topological polar surface area (TPSA) is 58.2 Å². The zero-order valence-corrected chi connectivity index (χ0v) is 18.6. The van der Waals surface area contributed by atoms with Gasteiger partial charge in [-0.25, -0.2) is 0 Å². The van der Waals surface area contributed by atoms with Crippen LogP contribution in [0.4, 0.5) is 5.69 Å². The molecule has 1 fully saturated rings. The molecule has 160 valence electrons. The van der Waals surface area contributed by atoms with Gasteiger partial charge in [-0.2, -0.15) is 0 Å². The van der Waals surface area contributed by atoms with Crippen LogP contribution in [-0.4, -0.2) is 24.1 Å². The van der Waals surface area contributed by atoms with Gasteiger partial charge in [-0.15, -0.1) is 11.8 Å². The molecular weight excluding hydrogens is 392 g/mol. The van der Waals surface area contributed by atoms with E-state index in [4.69, 9.17) is 0 Å². The van der Waals surface area contributed by atoms with E-state index in [-0.39, 0.29) is 11.8 Å². The van der Waals surface area contributed by atoms with Crippen molar-refractivity contribution in [1.29, 1.82) is 0 Å². The van der Waals surface area contributed by atoms with Gasteiger partial charge < -0.3 is 10.6 Å². The van der Waals surface area contributed by atoms with Gasteiger partial charge in [0.2, 0.25) is 5.91 Å². The van der Waals surface area contributed by atoms with Crippen molar-refractivity contribution in [3.8, 4) is 0 Å². The highest BCUT2D eigenvalue weighted by Crippen LogP contribution is 2.25. The molecule has 2 N–H and O–H groups in total. The largest absolute Gasteiger partial charge is 0.355 e. The molecule has 0 spiro atoms. The summed E-state index contributed by atoms with van der Waals surface area (Å²) in [5, 5.41) is 6.04. The summed E-state index contributed by atoms with van der Waals surface area (Å²) in [6, 6.07) is 15.5. The lowest BCUT2D eigenvalue weighted by atomic mass is 9.89. The summed E-state index contributed by atoms with van der Waals surface area (Å²) in [7, 11) is 0. The van der Waals surface area contributed by atoms with Gasteiger partial charge in [-0.05, 0) is 55.0 Å². The Morgan fingerprint density at radius 3 is 2.47 bits per heavy atom. The fourth-order valence-electron chi connectivity index (χ4n) is 3.87. The van der Waals surface area contributed by atoms with Crippen molar-refractivity contribution in [2.24, 2.45) is 5.92 Å². The number of anilines is 1. The van der Waals surface area contributed by atoms with Gasteiger partial charge in [0.25, 0.3) is 5.91 Å². The van der Waals surface area contributed by atoms with E-state index in [9.17, 15) is 9.59 Å². The Morgan fingerprint density at radius 1 is 1.00 bits per heavy atom. The van der Waals surface area contributed by atoms with E-state index in [1.54, 1.807) is 0 Å². The predicted octanol–water partition coefficient (Wildman–Crippen LogP) is 5.68. The summed E-state index contributed by atoms with van der Waals surface area (Å²) in [5.74, 6) is 0.827. The number of amides is 2. The second-order valence-corrected chi connectivity index (χ2v) is 9.01. The predicted molar refractivity (Wildman–Crippen MR) is 125 cm³/mol. The van der Waals surface area contributed by atoms with Crippen LogP contribution in [0, 0.1) is 5.92 Å². The maximum Gasteiger partial charge on any atom is 0.256 e. The minimum absolute atomic E-state index is 0.0345. The van der Waals surface area contributed by atoms with Gasteiger partial charge in [0, 0.05) is 17.1 Å². The van der Waals surface area contributed by atoms with E-state index in [1.165, 1.54) is 49.4 Å². The van der Waals surface area contributed by atoms with Gasteiger partial charge in [-0.3, -0.25) is 9.59 Å². The Kier molecular flexibility index (Phi) is 8.81. The first-order valence-electron chi connectivity index (χ1n) is 11.0. The SMILES string of the molecule is CCCc1ccc(NC(=O)c2ccccc2SCC(=O)NCC2CCCCC2)cc1. The molecule has 0 aliphatic heterocycles. The van der Waals surface area contributed by atoms with Gasteiger partial charge in [0.1, 0.15) is 0 Å². The van der Waals surface area contributed by atoms with E-state index in [0.29, 0.717) is 17.2 Å². The third kappa shape index (κ3) is 6.91. The molecule has 0 saturated heterocycles. The molecule has 0 aromatic heterocycles. The van der Waals surface area contributed by atoms with Crippen LogP contribution in [-0.2, 0) is 11.2 Å². The van der Waals surface area contributed by atoms with E-state index in [0.717, 1.165) is 30.0 Å². The van der Waals surface area contributed by atoms with Crippen molar-refractivity contribution in [2.45, 2.75) is 56.8 Å². The van der Waals surface area contributed by atoms with Crippen molar-refractivity contribution in [3.63, 3.8) is 0 Å². The van der Waals surface area contributed by atoms with Crippen LogP contribution in [0.15, 0.2) is 53.4 Å². The number of rotatable bonds is 9. The maximum absolute atomic E-state index is 12.8. The first-order chi connectivity index (χ1) is 14.7. The Morgan fingerprint density at radius 2 is 1.73 bits per heavy atom. The van der Waals surface area contributed by atoms with Crippen LogP contribution in [0.5, 0.6) is 0 Å². The van der Waals surface area contributed by atoms with Crippen LogP contribution in [0.2, 0.25) is 0 Å². The number of hydrogen-bond donors (Lipinski definition) is 2. The molecule has 30 heavy (non-hydrogen) atoms. The molecule has 0 unspecified atom stereocenters. The lowest BCUT2D eigenvalue weighted by molar-refractivity contribution is -0.118. The molecule has 0 atom stereocenters.